The maximum Gasteiger partial charge on any atom is 0.0197 e. The lowest BCUT2D eigenvalue weighted by atomic mass is 10.6. The summed E-state index contributed by atoms with van der Waals surface area (Å²) in [5.74, 6) is 1.06. The fourth-order valence-corrected chi connectivity index (χ4v) is 1.14. The Bertz CT molecular complexity index is 104. The average molecular weight is 101 g/mol. The Kier molecular flexibility index (Phi) is 1.08. The molecule has 0 saturated heterocycles. The first-order chi connectivity index (χ1) is 2.89. The predicted octanol–water partition coefficient (Wildman–Crippen LogP) is 0.501. The third-order valence-corrected chi connectivity index (χ3v) is 1.76. The second-order valence-corrected chi connectivity index (χ2v) is 2.74. The SMILES string of the molecule is NS1=CC=CC1. The summed E-state index contributed by atoms with van der Waals surface area (Å²) in [4.78, 5) is 0. The average Bonchev–Trinajstić information content (AvgIpc) is 1.86. The molecule has 0 amide bonds. The molecule has 0 radical (unpaired) electrons. The molecule has 1 atom stereocenters. The molecule has 1 aliphatic heterocycles. The zero-order chi connectivity index (χ0) is 4.41. The van der Waals surface area contributed by atoms with Crippen LogP contribution in [0.2, 0.25) is 0 Å². The molecule has 6 heavy (non-hydrogen) atoms. The zero-order valence-corrected chi connectivity index (χ0v) is 4.24. The molecule has 1 rings (SSSR count). The van der Waals surface area contributed by atoms with Crippen molar-refractivity contribution in [2.24, 2.45) is 5.14 Å². The highest BCUT2D eigenvalue weighted by molar-refractivity contribution is 8.13. The van der Waals surface area contributed by atoms with E-state index in [0.29, 0.717) is 0 Å². The van der Waals surface area contributed by atoms with Gasteiger partial charge in [0.25, 0.3) is 0 Å². The highest BCUT2D eigenvalue weighted by atomic mass is 32.2. The third-order valence-electron chi connectivity index (χ3n) is 0.678. The van der Waals surface area contributed by atoms with Crippen molar-refractivity contribution in [3.63, 3.8) is 0 Å². The van der Waals surface area contributed by atoms with E-state index in [9.17, 15) is 0 Å². The van der Waals surface area contributed by atoms with Crippen LogP contribution in [0.25, 0.3) is 0 Å². The van der Waals surface area contributed by atoms with Crippen molar-refractivity contribution in [1.29, 1.82) is 0 Å². The third kappa shape index (κ3) is 0.698. The molecular weight excluding hydrogens is 94.1 g/mol. The fraction of sp³-hybridized carbons (Fsp3) is 0.250. The number of hydrogen-bond donors (Lipinski definition) is 1. The van der Waals surface area contributed by atoms with Gasteiger partial charge in [0.05, 0.1) is 0 Å². The molecule has 0 saturated carbocycles. The van der Waals surface area contributed by atoms with E-state index < -0.39 is 0 Å². The minimum absolute atomic E-state index is 0.0910. The molecule has 0 bridgehead atoms. The number of rotatable bonds is 0. The highest BCUT2D eigenvalue weighted by Crippen LogP contribution is 2.04. The Morgan fingerprint density at radius 3 is 2.67 bits per heavy atom. The largest absolute Gasteiger partial charge is 0.283 e. The second kappa shape index (κ2) is 1.58. The lowest BCUT2D eigenvalue weighted by Crippen LogP contribution is -1.83. The lowest BCUT2D eigenvalue weighted by molar-refractivity contribution is 1.79. The van der Waals surface area contributed by atoms with Crippen LogP contribution in [-0.2, 0) is 0 Å². The number of hydrogen-bond acceptors (Lipinski definition) is 1. The molecule has 2 N–H and O–H groups in total. The van der Waals surface area contributed by atoms with Crippen molar-refractivity contribution in [3.8, 4) is 0 Å². The van der Waals surface area contributed by atoms with Crippen molar-refractivity contribution >= 4 is 16.0 Å². The van der Waals surface area contributed by atoms with E-state index in [1.807, 2.05) is 11.4 Å². The number of allylic oxidation sites excluding steroid dienone is 1. The van der Waals surface area contributed by atoms with Crippen LogP contribution in [-0.4, -0.2) is 11.1 Å². The van der Waals surface area contributed by atoms with E-state index in [1.165, 1.54) is 0 Å². The first kappa shape index (κ1) is 4.09. The highest BCUT2D eigenvalue weighted by Gasteiger charge is 1.84. The van der Waals surface area contributed by atoms with Crippen LogP contribution >= 0.6 is 10.7 Å². The van der Waals surface area contributed by atoms with Crippen molar-refractivity contribution in [2.45, 2.75) is 0 Å². The van der Waals surface area contributed by atoms with Gasteiger partial charge >= 0.3 is 0 Å². The van der Waals surface area contributed by atoms with Gasteiger partial charge in [0, 0.05) is 5.75 Å². The molecule has 1 heterocycles. The molecule has 0 aliphatic carbocycles. The van der Waals surface area contributed by atoms with E-state index in [-0.39, 0.29) is 10.7 Å². The summed E-state index contributed by atoms with van der Waals surface area (Å²) < 4.78 is 0. The van der Waals surface area contributed by atoms with Gasteiger partial charge in [-0.05, 0) is 5.37 Å². The van der Waals surface area contributed by atoms with Crippen molar-refractivity contribution in [3.05, 3.63) is 12.2 Å². The summed E-state index contributed by atoms with van der Waals surface area (Å²) in [5, 5.41) is 7.47. The molecule has 2 heteroatoms. The Morgan fingerprint density at radius 2 is 2.50 bits per heavy atom. The van der Waals surface area contributed by atoms with Gasteiger partial charge in [0.2, 0.25) is 0 Å². The quantitative estimate of drug-likeness (QED) is 0.442. The molecule has 34 valence electrons. The standard InChI is InChI=1S/C4H7NS/c5-6-3-1-2-4-6/h1-3H,4-5H2. The summed E-state index contributed by atoms with van der Waals surface area (Å²) in [5.41, 5.74) is 0. The van der Waals surface area contributed by atoms with E-state index in [1.54, 1.807) is 0 Å². The second-order valence-electron chi connectivity index (χ2n) is 1.20. The number of nitrogens with two attached hydrogens (primary N) is 1. The van der Waals surface area contributed by atoms with E-state index in [4.69, 9.17) is 5.14 Å². The van der Waals surface area contributed by atoms with Crippen LogP contribution in [0, 0.1) is 0 Å². The van der Waals surface area contributed by atoms with Gasteiger partial charge in [-0.1, -0.05) is 12.2 Å². The van der Waals surface area contributed by atoms with Crippen LogP contribution in [0.5, 0.6) is 0 Å². The maximum atomic E-state index is 5.44. The molecule has 1 aliphatic rings. The smallest absolute Gasteiger partial charge is 0.0197 e. The molecule has 0 aromatic rings. The topological polar surface area (TPSA) is 26.0 Å². The fourth-order valence-electron chi connectivity index (χ4n) is 0.379. The lowest BCUT2D eigenvalue weighted by Gasteiger charge is -1.83. The summed E-state index contributed by atoms with van der Waals surface area (Å²) in [6, 6.07) is 0. The maximum absolute atomic E-state index is 5.44. The van der Waals surface area contributed by atoms with Gasteiger partial charge in [-0.3, -0.25) is 5.14 Å². The van der Waals surface area contributed by atoms with Crippen LogP contribution in [0.1, 0.15) is 0 Å². The van der Waals surface area contributed by atoms with Gasteiger partial charge in [-0.2, -0.15) is 0 Å². The van der Waals surface area contributed by atoms with Crippen LogP contribution < -0.4 is 5.14 Å². The minimum Gasteiger partial charge on any atom is -0.283 e. The Labute approximate surface area is 39.9 Å². The van der Waals surface area contributed by atoms with Gasteiger partial charge in [0.15, 0.2) is 0 Å². The van der Waals surface area contributed by atoms with E-state index in [0.717, 1.165) is 5.75 Å². The predicted molar refractivity (Wildman–Crippen MR) is 31.8 cm³/mol. The van der Waals surface area contributed by atoms with Gasteiger partial charge in [0.1, 0.15) is 0 Å². The molecule has 0 aromatic heterocycles. The van der Waals surface area contributed by atoms with Gasteiger partial charge < -0.3 is 0 Å². The van der Waals surface area contributed by atoms with Crippen molar-refractivity contribution in [1.82, 2.24) is 0 Å². The molecule has 0 spiro atoms. The summed E-state index contributed by atoms with van der Waals surface area (Å²) in [6.45, 7) is 0. The van der Waals surface area contributed by atoms with Crippen LogP contribution in [0.3, 0.4) is 0 Å². The van der Waals surface area contributed by atoms with Crippen LogP contribution in [0.15, 0.2) is 12.2 Å². The summed E-state index contributed by atoms with van der Waals surface area (Å²) >= 11 is 0. The van der Waals surface area contributed by atoms with E-state index in [2.05, 4.69) is 6.08 Å². The van der Waals surface area contributed by atoms with Gasteiger partial charge in [-0.25, -0.2) is 0 Å². The van der Waals surface area contributed by atoms with E-state index >= 15 is 0 Å². The minimum atomic E-state index is 0.0910. The Hall–Kier alpha value is -0.0800. The molecule has 1 unspecified atom stereocenters. The first-order valence-electron chi connectivity index (χ1n) is 1.83. The molecule has 0 fully saturated rings. The van der Waals surface area contributed by atoms with Gasteiger partial charge in [-0.15, -0.1) is 10.7 Å². The first-order valence-corrected chi connectivity index (χ1v) is 3.36. The molecule has 0 aromatic carbocycles. The molecular formula is C4H7NS. The Morgan fingerprint density at radius 1 is 1.67 bits per heavy atom. The van der Waals surface area contributed by atoms with Crippen molar-refractivity contribution < 1.29 is 0 Å². The van der Waals surface area contributed by atoms with Crippen LogP contribution in [0.4, 0.5) is 0 Å². The summed E-state index contributed by atoms with van der Waals surface area (Å²) in [6.07, 6.45) is 4.10. The van der Waals surface area contributed by atoms with Crippen molar-refractivity contribution in [2.75, 3.05) is 5.75 Å². The summed E-state index contributed by atoms with van der Waals surface area (Å²) in [7, 11) is 0.0910. The molecule has 1 nitrogen and oxygen atoms in total. The normalized spacial score (nSPS) is 30.5. The monoisotopic (exact) mass is 101 g/mol. The zero-order valence-electron chi connectivity index (χ0n) is 3.42. The Balaban J connectivity index is 2.61.